The molecule has 1 fully saturated rings. The third-order valence-corrected chi connectivity index (χ3v) is 6.03. The average molecular weight is 555 g/mol. The summed E-state index contributed by atoms with van der Waals surface area (Å²) in [4.78, 5) is 7.11. The topological polar surface area (TPSA) is 73.8 Å². The lowest BCUT2D eigenvalue weighted by Gasteiger charge is -2.31. The molecular formula is C21H36FIN4O2S. The molecule has 1 aliphatic heterocycles. The van der Waals surface area contributed by atoms with E-state index in [1.807, 2.05) is 6.92 Å². The second-order valence-electron chi connectivity index (χ2n) is 8.11. The summed E-state index contributed by atoms with van der Waals surface area (Å²) < 4.78 is 37.1. The van der Waals surface area contributed by atoms with Crippen LogP contribution >= 0.6 is 24.0 Å². The zero-order chi connectivity index (χ0) is 21.4. The van der Waals surface area contributed by atoms with Gasteiger partial charge < -0.3 is 10.6 Å². The number of hydrogen-bond acceptors (Lipinski definition) is 4. The van der Waals surface area contributed by atoms with Gasteiger partial charge in [0.05, 0.1) is 12.3 Å². The molecule has 0 aromatic heterocycles. The monoisotopic (exact) mass is 554 g/mol. The lowest BCUT2D eigenvalue weighted by Crippen LogP contribution is -2.48. The Hall–Kier alpha value is -0.940. The van der Waals surface area contributed by atoms with E-state index in [4.69, 9.17) is 0 Å². The van der Waals surface area contributed by atoms with Crippen molar-refractivity contribution in [2.24, 2.45) is 10.9 Å². The highest BCUT2D eigenvalue weighted by atomic mass is 127. The minimum atomic E-state index is -3.21. The first-order valence-electron chi connectivity index (χ1n) is 10.4. The molecule has 1 saturated heterocycles. The molecule has 1 aromatic rings. The number of likely N-dealkylation sites (tertiary alicyclic amines) is 1. The van der Waals surface area contributed by atoms with Gasteiger partial charge in [0.25, 0.3) is 0 Å². The maximum absolute atomic E-state index is 13.7. The van der Waals surface area contributed by atoms with Crippen LogP contribution in [0.5, 0.6) is 0 Å². The largest absolute Gasteiger partial charge is 0.357 e. The molecule has 2 rings (SSSR count). The van der Waals surface area contributed by atoms with Crippen LogP contribution in [0.3, 0.4) is 0 Å². The Kier molecular flexibility index (Phi) is 11.6. The highest BCUT2D eigenvalue weighted by molar-refractivity contribution is 14.0. The third kappa shape index (κ3) is 9.05. The van der Waals surface area contributed by atoms with E-state index in [2.05, 4.69) is 34.4 Å². The molecule has 1 unspecified atom stereocenters. The summed E-state index contributed by atoms with van der Waals surface area (Å²) in [5.41, 5.74) is 1.18. The van der Waals surface area contributed by atoms with Crippen LogP contribution < -0.4 is 10.6 Å². The van der Waals surface area contributed by atoms with Crippen molar-refractivity contribution in [3.63, 3.8) is 0 Å². The average Bonchev–Trinajstić information content (AvgIpc) is 3.14. The smallest absolute Gasteiger partial charge is 0.191 e. The molecule has 0 bridgehead atoms. The number of halogens is 2. The van der Waals surface area contributed by atoms with Gasteiger partial charge in [0.15, 0.2) is 15.8 Å². The highest BCUT2D eigenvalue weighted by Gasteiger charge is 2.24. The van der Waals surface area contributed by atoms with Gasteiger partial charge in [-0.2, -0.15) is 0 Å². The molecule has 9 heteroatoms. The number of sulfone groups is 1. The molecule has 6 nitrogen and oxygen atoms in total. The molecule has 172 valence electrons. The molecule has 0 aliphatic carbocycles. The Bertz CT molecular complexity index is 796. The van der Waals surface area contributed by atoms with E-state index in [1.165, 1.54) is 37.3 Å². The Morgan fingerprint density at radius 2 is 1.87 bits per heavy atom. The van der Waals surface area contributed by atoms with E-state index in [9.17, 15) is 12.8 Å². The Balaban J connectivity index is 0.00000450. The predicted molar refractivity (Wildman–Crippen MR) is 133 cm³/mol. The molecule has 2 N–H and O–H groups in total. The molecule has 1 atom stereocenters. The second-order valence-corrected chi connectivity index (χ2v) is 10.3. The third-order valence-electron chi connectivity index (χ3n) is 5.20. The minimum absolute atomic E-state index is 0. The first-order chi connectivity index (χ1) is 13.7. The van der Waals surface area contributed by atoms with Crippen LogP contribution in [0.15, 0.2) is 23.2 Å². The summed E-state index contributed by atoms with van der Waals surface area (Å²) in [5.74, 6) is 0.672. The summed E-state index contributed by atoms with van der Waals surface area (Å²) in [7, 11) is -3.21. The summed E-state index contributed by atoms with van der Waals surface area (Å²) in [6.45, 7) is 10.4. The van der Waals surface area contributed by atoms with E-state index >= 15 is 0 Å². The van der Waals surface area contributed by atoms with Crippen molar-refractivity contribution in [2.45, 2.75) is 52.0 Å². The van der Waals surface area contributed by atoms with Crippen molar-refractivity contribution in [1.82, 2.24) is 15.5 Å². The van der Waals surface area contributed by atoms with Gasteiger partial charge in [-0.05, 0) is 62.0 Å². The van der Waals surface area contributed by atoms with Gasteiger partial charge in [0, 0.05) is 25.4 Å². The Morgan fingerprint density at radius 3 is 2.43 bits per heavy atom. The van der Waals surface area contributed by atoms with Gasteiger partial charge in [-0.1, -0.05) is 19.9 Å². The number of benzene rings is 1. The summed E-state index contributed by atoms with van der Waals surface area (Å²) in [6, 6.07) is 4.62. The Morgan fingerprint density at radius 1 is 1.20 bits per heavy atom. The van der Waals surface area contributed by atoms with E-state index < -0.39 is 9.84 Å². The molecule has 1 heterocycles. The first-order valence-corrected chi connectivity index (χ1v) is 12.5. The van der Waals surface area contributed by atoms with Gasteiger partial charge in [0.1, 0.15) is 5.82 Å². The zero-order valence-electron chi connectivity index (χ0n) is 18.4. The first kappa shape index (κ1) is 27.1. The van der Waals surface area contributed by atoms with Crippen molar-refractivity contribution in [3.8, 4) is 0 Å². The molecule has 0 spiro atoms. The molecule has 0 saturated carbocycles. The number of rotatable bonds is 9. The molecule has 1 aliphatic rings. The van der Waals surface area contributed by atoms with Crippen molar-refractivity contribution >= 4 is 39.8 Å². The molecule has 1 aromatic carbocycles. The van der Waals surface area contributed by atoms with Crippen LogP contribution in [0.1, 0.15) is 44.7 Å². The molecular weight excluding hydrogens is 518 g/mol. The van der Waals surface area contributed by atoms with E-state index in [1.54, 1.807) is 0 Å². The van der Waals surface area contributed by atoms with Crippen molar-refractivity contribution in [2.75, 3.05) is 32.4 Å². The van der Waals surface area contributed by atoms with Gasteiger partial charge >= 0.3 is 0 Å². The van der Waals surface area contributed by atoms with Crippen LogP contribution in [-0.4, -0.2) is 57.8 Å². The maximum atomic E-state index is 13.7. The number of hydrogen-bond donors (Lipinski definition) is 2. The van der Waals surface area contributed by atoms with Crippen LogP contribution in [0.2, 0.25) is 0 Å². The van der Waals surface area contributed by atoms with Crippen molar-refractivity contribution < 1.29 is 12.8 Å². The van der Waals surface area contributed by atoms with E-state index in [0.717, 1.165) is 19.6 Å². The van der Waals surface area contributed by atoms with Crippen LogP contribution in [0.25, 0.3) is 0 Å². The minimum Gasteiger partial charge on any atom is -0.357 e. The van der Waals surface area contributed by atoms with Crippen molar-refractivity contribution in [3.05, 3.63) is 35.1 Å². The summed E-state index contributed by atoms with van der Waals surface area (Å²) >= 11 is 0. The fourth-order valence-electron chi connectivity index (χ4n) is 3.73. The Labute approximate surface area is 198 Å². The predicted octanol–water partition coefficient (Wildman–Crippen LogP) is 3.16. The fraction of sp³-hybridized carbons (Fsp3) is 0.667. The van der Waals surface area contributed by atoms with Crippen LogP contribution in [0.4, 0.5) is 4.39 Å². The quantitative estimate of drug-likeness (QED) is 0.279. The van der Waals surface area contributed by atoms with Gasteiger partial charge in [-0.25, -0.2) is 17.8 Å². The molecule has 30 heavy (non-hydrogen) atoms. The molecule has 0 radical (unpaired) electrons. The standard InChI is InChI=1S/C21H35FN4O2S.HI/c1-5-23-21(25-14-20(16(2)3)26-10-6-7-11-26)24-13-18-12-19(22)9-8-17(18)15-29(4,27)28;/h8-9,12,16,20H,5-7,10-11,13-15H2,1-4H3,(H2,23,24,25);1H. The summed E-state index contributed by atoms with van der Waals surface area (Å²) in [5, 5.41) is 6.65. The van der Waals surface area contributed by atoms with Gasteiger partial charge in [-0.15, -0.1) is 24.0 Å². The number of aliphatic imine (C=N–C) groups is 1. The zero-order valence-corrected chi connectivity index (χ0v) is 21.6. The molecule has 0 amide bonds. The van der Waals surface area contributed by atoms with Gasteiger partial charge in [0.2, 0.25) is 0 Å². The number of nitrogens with zero attached hydrogens (tertiary/aromatic N) is 2. The van der Waals surface area contributed by atoms with E-state index in [0.29, 0.717) is 35.6 Å². The van der Waals surface area contributed by atoms with Crippen molar-refractivity contribution in [1.29, 1.82) is 0 Å². The number of guanidine groups is 1. The number of nitrogens with one attached hydrogen (secondary N) is 2. The van der Waals surface area contributed by atoms with Crippen LogP contribution in [-0.2, 0) is 22.1 Å². The maximum Gasteiger partial charge on any atom is 0.191 e. The lowest BCUT2D eigenvalue weighted by atomic mass is 10.0. The summed E-state index contributed by atoms with van der Waals surface area (Å²) in [6.07, 6.45) is 3.68. The normalized spacial score (nSPS) is 16.4. The fourth-order valence-corrected chi connectivity index (χ4v) is 4.58. The SMILES string of the molecule is CCNC(=NCc1cc(F)ccc1CS(C)(=O)=O)NCC(C(C)C)N1CCCC1.I. The van der Waals surface area contributed by atoms with Crippen LogP contribution in [0, 0.1) is 11.7 Å². The lowest BCUT2D eigenvalue weighted by molar-refractivity contribution is 0.192. The second kappa shape index (κ2) is 12.8. The van der Waals surface area contributed by atoms with E-state index in [-0.39, 0.29) is 42.1 Å². The highest BCUT2D eigenvalue weighted by Crippen LogP contribution is 2.18. The van der Waals surface area contributed by atoms with Gasteiger partial charge in [-0.3, -0.25) is 4.90 Å².